The van der Waals surface area contributed by atoms with E-state index in [0.29, 0.717) is 0 Å². The number of thioether (sulfide) groups is 1. The quantitative estimate of drug-likeness (QED) is 0.490. The second kappa shape index (κ2) is 10.7. The Morgan fingerprint density at radius 1 is 1.25 bits per heavy atom. The van der Waals surface area contributed by atoms with Crippen molar-refractivity contribution in [3.05, 3.63) is 24.3 Å². The first-order valence-electron chi connectivity index (χ1n) is 9.28. The second-order valence-electron chi connectivity index (χ2n) is 6.32. The first kappa shape index (κ1) is 21.7. The fourth-order valence-corrected chi connectivity index (χ4v) is 3.28. The Balaban J connectivity index is 1.83. The predicted octanol–water partition coefficient (Wildman–Crippen LogP) is 2.71. The molecule has 28 heavy (non-hydrogen) atoms. The van der Waals surface area contributed by atoms with Crippen LogP contribution in [0, 0.1) is 0 Å². The molecular formula is C19H26N4O4S. The number of ether oxygens (including phenoxy) is 1. The maximum atomic E-state index is 12.0. The minimum atomic E-state index is -0.669. The smallest absolute Gasteiger partial charge is 0.321 e. The number of nitrogens with zero attached hydrogens (tertiary/aromatic N) is 2. The van der Waals surface area contributed by atoms with Gasteiger partial charge in [0.2, 0.25) is 0 Å². The summed E-state index contributed by atoms with van der Waals surface area (Å²) in [6, 6.07) is 7.15. The Bertz CT molecular complexity index is 836. The van der Waals surface area contributed by atoms with Gasteiger partial charge < -0.3 is 14.6 Å². The molecule has 1 heterocycles. The molecule has 0 bridgehead atoms. The van der Waals surface area contributed by atoms with E-state index in [0.717, 1.165) is 35.6 Å². The van der Waals surface area contributed by atoms with Crippen LogP contribution in [0.3, 0.4) is 0 Å². The van der Waals surface area contributed by atoms with Crippen molar-refractivity contribution >= 4 is 40.7 Å². The molecule has 0 aliphatic heterocycles. The number of benzene rings is 1. The van der Waals surface area contributed by atoms with E-state index in [1.54, 1.807) is 0 Å². The molecule has 0 saturated heterocycles. The standard InChI is InChI=1S/C19H26N4O4S/c1-4-10-23-15-9-7-6-8-14(15)21-19(23)28-12-17(25)27-11-16(24)22-18(26)20-13(3)5-2/h6-9,13H,4-5,10-12H2,1-3H3,(H2,20,22,24,26)/t13-/m1/s1. The molecule has 0 aliphatic carbocycles. The highest BCUT2D eigenvalue weighted by Gasteiger charge is 2.15. The lowest BCUT2D eigenvalue weighted by atomic mass is 10.3. The number of urea groups is 1. The Kier molecular flexibility index (Phi) is 8.31. The molecule has 0 saturated carbocycles. The van der Waals surface area contributed by atoms with Crippen molar-refractivity contribution in [3.63, 3.8) is 0 Å². The minimum Gasteiger partial charge on any atom is -0.455 e. The fraction of sp³-hybridized carbons (Fsp3) is 0.474. The van der Waals surface area contributed by atoms with Crippen molar-refractivity contribution < 1.29 is 19.1 Å². The third kappa shape index (κ3) is 6.26. The summed E-state index contributed by atoms with van der Waals surface area (Å²) < 4.78 is 7.01. The molecule has 2 rings (SSSR count). The Morgan fingerprint density at radius 2 is 2.00 bits per heavy atom. The van der Waals surface area contributed by atoms with E-state index in [9.17, 15) is 14.4 Å². The first-order chi connectivity index (χ1) is 13.4. The van der Waals surface area contributed by atoms with Gasteiger partial charge in [0, 0.05) is 12.6 Å². The van der Waals surface area contributed by atoms with E-state index in [1.807, 2.05) is 38.1 Å². The van der Waals surface area contributed by atoms with Gasteiger partial charge in [-0.25, -0.2) is 9.78 Å². The van der Waals surface area contributed by atoms with E-state index >= 15 is 0 Å². The third-order valence-electron chi connectivity index (χ3n) is 3.99. The van der Waals surface area contributed by atoms with Crippen LogP contribution in [0.5, 0.6) is 0 Å². The number of nitrogens with one attached hydrogen (secondary N) is 2. The number of hydrogen-bond donors (Lipinski definition) is 2. The zero-order valence-electron chi connectivity index (χ0n) is 16.4. The first-order valence-corrected chi connectivity index (χ1v) is 10.3. The van der Waals surface area contributed by atoms with Crippen molar-refractivity contribution in [1.82, 2.24) is 20.2 Å². The molecule has 9 heteroatoms. The summed E-state index contributed by atoms with van der Waals surface area (Å²) in [7, 11) is 0. The highest BCUT2D eigenvalue weighted by atomic mass is 32.2. The SMILES string of the molecule is CCCn1c(SCC(=O)OCC(=O)NC(=O)N[C@H](C)CC)nc2ccccc21. The number of hydrogen-bond acceptors (Lipinski definition) is 6. The van der Waals surface area contributed by atoms with Crippen LogP contribution in [0.15, 0.2) is 29.4 Å². The molecule has 0 aliphatic rings. The zero-order valence-corrected chi connectivity index (χ0v) is 17.2. The van der Waals surface area contributed by atoms with Crippen LogP contribution >= 0.6 is 11.8 Å². The summed E-state index contributed by atoms with van der Waals surface area (Å²) in [6.45, 7) is 6.12. The van der Waals surface area contributed by atoms with Crippen LogP contribution in [-0.4, -0.2) is 45.9 Å². The lowest BCUT2D eigenvalue weighted by Crippen LogP contribution is -2.44. The molecule has 2 N–H and O–H groups in total. The topological polar surface area (TPSA) is 102 Å². The number of carbonyl (C=O) groups is 3. The molecule has 0 unspecified atom stereocenters. The molecule has 3 amide bonds. The van der Waals surface area contributed by atoms with Crippen LogP contribution in [0.25, 0.3) is 11.0 Å². The summed E-state index contributed by atoms with van der Waals surface area (Å²) in [5, 5.41) is 5.46. The molecule has 1 aromatic carbocycles. The van der Waals surface area contributed by atoms with E-state index in [2.05, 4.69) is 27.1 Å². The molecule has 8 nitrogen and oxygen atoms in total. The van der Waals surface area contributed by atoms with Crippen molar-refractivity contribution in [2.45, 2.75) is 51.4 Å². The van der Waals surface area contributed by atoms with Gasteiger partial charge in [0.1, 0.15) is 0 Å². The average Bonchev–Trinajstić information content (AvgIpc) is 3.02. The van der Waals surface area contributed by atoms with Gasteiger partial charge in [-0.1, -0.05) is 37.7 Å². The number of fused-ring (bicyclic) bond motifs is 1. The highest BCUT2D eigenvalue weighted by Crippen LogP contribution is 2.24. The highest BCUT2D eigenvalue weighted by molar-refractivity contribution is 7.99. The maximum absolute atomic E-state index is 12.0. The van der Waals surface area contributed by atoms with Gasteiger partial charge in [0.25, 0.3) is 5.91 Å². The second-order valence-corrected chi connectivity index (χ2v) is 7.26. The van der Waals surface area contributed by atoms with E-state index in [-0.39, 0.29) is 11.8 Å². The Morgan fingerprint density at radius 3 is 2.71 bits per heavy atom. The number of aromatic nitrogens is 2. The molecular weight excluding hydrogens is 380 g/mol. The van der Waals surface area contributed by atoms with Crippen LogP contribution < -0.4 is 10.6 Å². The monoisotopic (exact) mass is 406 g/mol. The molecule has 0 fully saturated rings. The van der Waals surface area contributed by atoms with E-state index < -0.39 is 24.5 Å². The third-order valence-corrected chi connectivity index (χ3v) is 4.94. The summed E-state index contributed by atoms with van der Waals surface area (Å²) in [6.07, 6.45) is 1.69. The largest absolute Gasteiger partial charge is 0.455 e. The van der Waals surface area contributed by atoms with Crippen LogP contribution in [-0.2, 0) is 20.9 Å². The van der Waals surface area contributed by atoms with Crippen molar-refractivity contribution in [3.8, 4) is 0 Å². The summed E-state index contributed by atoms with van der Waals surface area (Å²) in [4.78, 5) is 39.8. The Labute approximate surface area is 168 Å². The molecule has 0 radical (unpaired) electrons. The number of esters is 1. The molecule has 1 atom stereocenters. The normalized spacial score (nSPS) is 11.8. The van der Waals surface area contributed by atoms with Gasteiger partial charge in [-0.2, -0.15) is 0 Å². The number of amides is 3. The number of carbonyl (C=O) groups excluding carboxylic acids is 3. The zero-order chi connectivity index (χ0) is 20.5. The lowest BCUT2D eigenvalue weighted by molar-refractivity contribution is -0.145. The van der Waals surface area contributed by atoms with E-state index in [4.69, 9.17) is 4.74 Å². The number of imidazole rings is 1. The van der Waals surface area contributed by atoms with Crippen LogP contribution in [0.4, 0.5) is 4.79 Å². The average molecular weight is 407 g/mol. The van der Waals surface area contributed by atoms with Gasteiger partial charge in [-0.3, -0.25) is 14.9 Å². The van der Waals surface area contributed by atoms with Gasteiger partial charge in [0.05, 0.1) is 16.8 Å². The predicted molar refractivity (Wildman–Crippen MR) is 108 cm³/mol. The number of imide groups is 1. The molecule has 0 spiro atoms. The van der Waals surface area contributed by atoms with Gasteiger partial charge >= 0.3 is 12.0 Å². The lowest BCUT2D eigenvalue weighted by Gasteiger charge is -2.11. The van der Waals surface area contributed by atoms with Gasteiger partial charge in [0.15, 0.2) is 11.8 Å². The van der Waals surface area contributed by atoms with Gasteiger partial charge in [-0.15, -0.1) is 0 Å². The summed E-state index contributed by atoms with van der Waals surface area (Å²) in [5.74, 6) is -1.19. The molecule has 2 aromatic rings. The van der Waals surface area contributed by atoms with Crippen molar-refractivity contribution in [2.24, 2.45) is 0 Å². The summed E-state index contributed by atoms with van der Waals surface area (Å²) >= 11 is 1.26. The summed E-state index contributed by atoms with van der Waals surface area (Å²) in [5.41, 5.74) is 1.89. The number of para-hydroxylation sites is 2. The maximum Gasteiger partial charge on any atom is 0.321 e. The van der Waals surface area contributed by atoms with Gasteiger partial charge in [-0.05, 0) is 31.9 Å². The minimum absolute atomic E-state index is 0.0272. The van der Waals surface area contributed by atoms with Crippen molar-refractivity contribution in [1.29, 1.82) is 0 Å². The molecule has 1 aromatic heterocycles. The van der Waals surface area contributed by atoms with Crippen LogP contribution in [0.2, 0.25) is 0 Å². The van der Waals surface area contributed by atoms with Crippen molar-refractivity contribution in [2.75, 3.05) is 12.4 Å². The fourth-order valence-electron chi connectivity index (χ4n) is 2.44. The van der Waals surface area contributed by atoms with E-state index in [1.165, 1.54) is 11.8 Å². The molecule has 152 valence electrons. The number of rotatable bonds is 9. The van der Waals surface area contributed by atoms with Crippen LogP contribution in [0.1, 0.15) is 33.6 Å². The number of aryl methyl sites for hydroxylation is 1. The Hall–Kier alpha value is -2.55.